The first-order valence-electron chi connectivity index (χ1n) is 5.19. The molecule has 3 rings (SSSR count). The third-order valence-corrected chi connectivity index (χ3v) is 2.92. The first-order chi connectivity index (χ1) is 7.75. The van der Waals surface area contributed by atoms with Crippen molar-refractivity contribution in [1.82, 2.24) is 4.98 Å². The van der Waals surface area contributed by atoms with E-state index in [4.69, 9.17) is 4.42 Å². The molecular formula is C11H12N2O3. The van der Waals surface area contributed by atoms with Crippen molar-refractivity contribution in [3.05, 3.63) is 24.6 Å². The molecule has 3 heterocycles. The average Bonchev–Trinajstić information content (AvgIpc) is 2.85. The Kier molecular flexibility index (Phi) is 2.08. The van der Waals surface area contributed by atoms with Gasteiger partial charge in [-0.1, -0.05) is 0 Å². The van der Waals surface area contributed by atoms with E-state index >= 15 is 0 Å². The standard InChI is InChI=1S/C11H12N2O3/c14-8-5-13(6-9(8)15)11-7-2-4-16-10(7)1-3-12-11/h1-4,8-9,14-15H,5-6H2. The molecule has 2 aromatic heterocycles. The molecule has 2 aromatic rings. The van der Waals surface area contributed by atoms with Crippen molar-refractivity contribution >= 4 is 16.8 Å². The zero-order valence-corrected chi connectivity index (χ0v) is 8.58. The van der Waals surface area contributed by atoms with Gasteiger partial charge in [0.05, 0.1) is 23.9 Å². The summed E-state index contributed by atoms with van der Waals surface area (Å²) in [6, 6.07) is 3.64. The maximum absolute atomic E-state index is 9.51. The van der Waals surface area contributed by atoms with Gasteiger partial charge in [-0.2, -0.15) is 0 Å². The van der Waals surface area contributed by atoms with Crippen LogP contribution in [-0.2, 0) is 0 Å². The number of furan rings is 1. The SMILES string of the molecule is OC1CN(c2nccc3occc23)CC1O. The maximum Gasteiger partial charge on any atom is 0.139 e. The Bertz CT molecular complexity index is 501. The molecule has 2 atom stereocenters. The minimum Gasteiger partial charge on any atom is -0.464 e. The van der Waals surface area contributed by atoms with Crippen LogP contribution in [0.3, 0.4) is 0 Å². The molecule has 84 valence electrons. The number of aliphatic hydroxyl groups is 2. The summed E-state index contributed by atoms with van der Waals surface area (Å²) in [4.78, 5) is 6.14. The molecule has 0 spiro atoms. The number of aliphatic hydroxyl groups excluding tert-OH is 2. The maximum atomic E-state index is 9.51. The minimum atomic E-state index is -0.705. The van der Waals surface area contributed by atoms with Gasteiger partial charge >= 0.3 is 0 Å². The van der Waals surface area contributed by atoms with Gasteiger partial charge in [0, 0.05) is 19.3 Å². The van der Waals surface area contributed by atoms with Crippen LogP contribution in [0, 0.1) is 0 Å². The highest BCUT2D eigenvalue weighted by Gasteiger charge is 2.31. The lowest BCUT2D eigenvalue weighted by atomic mass is 10.3. The van der Waals surface area contributed by atoms with E-state index in [1.165, 1.54) is 0 Å². The topological polar surface area (TPSA) is 69.7 Å². The molecule has 0 radical (unpaired) electrons. The van der Waals surface area contributed by atoms with Crippen LogP contribution in [0.4, 0.5) is 5.82 Å². The summed E-state index contributed by atoms with van der Waals surface area (Å²) in [6.45, 7) is 0.803. The zero-order chi connectivity index (χ0) is 11.1. The van der Waals surface area contributed by atoms with Crippen molar-refractivity contribution in [1.29, 1.82) is 0 Å². The summed E-state index contributed by atoms with van der Waals surface area (Å²) in [6.07, 6.45) is 1.87. The van der Waals surface area contributed by atoms with Gasteiger partial charge in [-0.15, -0.1) is 0 Å². The Labute approximate surface area is 91.9 Å². The third kappa shape index (κ3) is 1.36. The second kappa shape index (κ2) is 3.47. The van der Waals surface area contributed by atoms with E-state index in [0.717, 1.165) is 16.8 Å². The Morgan fingerprint density at radius 2 is 2.00 bits per heavy atom. The Balaban J connectivity index is 2.03. The number of hydrogen-bond donors (Lipinski definition) is 2. The van der Waals surface area contributed by atoms with Crippen molar-refractivity contribution < 1.29 is 14.6 Å². The van der Waals surface area contributed by atoms with Crippen molar-refractivity contribution in [2.75, 3.05) is 18.0 Å². The molecule has 0 bridgehead atoms. The van der Waals surface area contributed by atoms with Crippen LogP contribution in [0.25, 0.3) is 11.0 Å². The van der Waals surface area contributed by atoms with Crippen LogP contribution in [0.15, 0.2) is 29.0 Å². The number of β-amino-alcohol motifs (C(OH)–C–C–N with tert-alkyl or cyclic N) is 2. The Hall–Kier alpha value is -1.59. The van der Waals surface area contributed by atoms with Gasteiger partial charge in [-0.3, -0.25) is 0 Å². The van der Waals surface area contributed by atoms with Gasteiger partial charge < -0.3 is 19.5 Å². The number of anilines is 1. The van der Waals surface area contributed by atoms with E-state index in [2.05, 4.69) is 4.98 Å². The van der Waals surface area contributed by atoms with Gasteiger partial charge in [0.2, 0.25) is 0 Å². The van der Waals surface area contributed by atoms with E-state index in [0.29, 0.717) is 13.1 Å². The first kappa shape index (κ1) is 9.62. The molecule has 1 aliphatic rings. The predicted octanol–water partition coefficient (Wildman–Crippen LogP) is 0.370. The molecule has 2 N–H and O–H groups in total. The third-order valence-electron chi connectivity index (χ3n) is 2.92. The average molecular weight is 220 g/mol. The Morgan fingerprint density at radius 3 is 2.75 bits per heavy atom. The second-order valence-electron chi connectivity index (χ2n) is 4.01. The van der Waals surface area contributed by atoms with Crippen molar-refractivity contribution in [3.8, 4) is 0 Å². The van der Waals surface area contributed by atoms with Crippen LogP contribution in [-0.4, -0.2) is 40.5 Å². The number of pyridine rings is 1. The molecule has 0 aromatic carbocycles. The fraction of sp³-hybridized carbons (Fsp3) is 0.364. The number of hydrogen-bond acceptors (Lipinski definition) is 5. The smallest absolute Gasteiger partial charge is 0.139 e. The summed E-state index contributed by atoms with van der Waals surface area (Å²) < 4.78 is 5.28. The lowest BCUT2D eigenvalue weighted by Gasteiger charge is -2.16. The fourth-order valence-corrected chi connectivity index (χ4v) is 2.07. The van der Waals surface area contributed by atoms with Gasteiger partial charge in [0.25, 0.3) is 0 Å². The Morgan fingerprint density at radius 1 is 1.25 bits per heavy atom. The highest BCUT2D eigenvalue weighted by molar-refractivity contribution is 5.88. The van der Waals surface area contributed by atoms with Crippen LogP contribution < -0.4 is 4.90 Å². The molecule has 2 unspecified atom stereocenters. The molecule has 0 amide bonds. The molecule has 1 fully saturated rings. The zero-order valence-electron chi connectivity index (χ0n) is 8.58. The summed E-state index contributed by atoms with van der Waals surface area (Å²) in [5.41, 5.74) is 0.765. The van der Waals surface area contributed by atoms with Crippen LogP contribution in [0.2, 0.25) is 0 Å². The number of fused-ring (bicyclic) bond motifs is 1. The molecule has 1 aliphatic heterocycles. The molecule has 1 saturated heterocycles. The number of rotatable bonds is 1. The predicted molar refractivity (Wildman–Crippen MR) is 58.2 cm³/mol. The van der Waals surface area contributed by atoms with Crippen LogP contribution in [0.5, 0.6) is 0 Å². The molecule has 0 aliphatic carbocycles. The lowest BCUT2D eigenvalue weighted by molar-refractivity contribution is 0.0572. The van der Waals surface area contributed by atoms with Gasteiger partial charge in [-0.25, -0.2) is 4.98 Å². The number of nitrogens with zero attached hydrogens (tertiary/aromatic N) is 2. The monoisotopic (exact) mass is 220 g/mol. The molecule has 0 saturated carbocycles. The quantitative estimate of drug-likeness (QED) is 0.726. The van der Waals surface area contributed by atoms with E-state index in [1.54, 1.807) is 18.5 Å². The number of aromatic nitrogens is 1. The molecule has 16 heavy (non-hydrogen) atoms. The highest BCUT2D eigenvalue weighted by atomic mass is 16.3. The summed E-state index contributed by atoms with van der Waals surface area (Å²) in [5, 5.41) is 19.9. The largest absolute Gasteiger partial charge is 0.464 e. The molecule has 5 nitrogen and oxygen atoms in total. The van der Waals surface area contributed by atoms with Gasteiger partial charge in [0.15, 0.2) is 0 Å². The fourth-order valence-electron chi connectivity index (χ4n) is 2.07. The van der Waals surface area contributed by atoms with E-state index in [-0.39, 0.29) is 0 Å². The normalized spacial score (nSPS) is 25.5. The molecular weight excluding hydrogens is 208 g/mol. The lowest BCUT2D eigenvalue weighted by Crippen LogP contribution is -2.22. The first-order valence-corrected chi connectivity index (χ1v) is 5.19. The van der Waals surface area contributed by atoms with E-state index < -0.39 is 12.2 Å². The van der Waals surface area contributed by atoms with Gasteiger partial charge in [0.1, 0.15) is 11.4 Å². The van der Waals surface area contributed by atoms with E-state index in [1.807, 2.05) is 11.0 Å². The van der Waals surface area contributed by atoms with Crippen LogP contribution >= 0.6 is 0 Å². The van der Waals surface area contributed by atoms with Crippen molar-refractivity contribution in [2.45, 2.75) is 12.2 Å². The summed E-state index contributed by atoms with van der Waals surface area (Å²) in [7, 11) is 0. The minimum absolute atomic E-state index is 0.401. The van der Waals surface area contributed by atoms with Crippen molar-refractivity contribution in [3.63, 3.8) is 0 Å². The summed E-state index contributed by atoms with van der Waals surface area (Å²) >= 11 is 0. The van der Waals surface area contributed by atoms with E-state index in [9.17, 15) is 10.2 Å². The second-order valence-corrected chi connectivity index (χ2v) is 4.01. The van der Waals surface area contributed by atoms with Crippen LogP contribution in [0.1, 0.15) is 0 Å². The molecule has 5 heteroatoms. The highest BCUT2D eigenvalue weighted by Crippen LogP contribution is 2.27. The van der Waals surface area contributed by atoms with Crippen molar-refractivity contribution in [2.24, 2.45) is 0 Å². The summed E-state index contributed by atoms with van der Waals surface area (Å²) in [5.74, 6) is 0.752. The van der Waals surface area contributed by atoms with Gasteiger partial charge in [-0.05, 0) is 12.1 Å².